The highest BCUT2D eigenvalue weighted by atomic mass is 16.6. The number of carbonyl (C=O) groups excluding carboxylic acids is 1. The van der Waals surface area contributed by atoms with Gasteiger partial charge in [-0.3, -0.25) is 0 Å². The van der Waals surface area contributed by atoms with Crippen LogP contribution < -0.4 is 5.32 Å². The van der Waals surface area contributed by atoms with Crippen LogP contribution in [-0.4, -0.2) is 12.6 Å². The molecule has 1 saturated carbocycles. The van der Waals surface area contributed by atoms with E-state index in [4.69, 9.17) is 4.74 Å². The lowest BCUT2D eigenvalue weighted by atomic mass is 10.1. The first-order chi connectivity index (χ1) is 9.86. The molecule has 1 aliphatic heterocycles. The Labute approximate surface area is 122 Å². The van der Waals surface area contributed by atoms with Gasteiger partial charge in [0, 0.05) is 13.0 Å². The molecule has 0 aromatic heterocycles. The molecule has 1 saturated heterocycles. The van der Waals surface area contributed by atoms with Gasteiger partial charge in [-0.1, -0.05) is 76.3 Å². The molecule has 1 unspecified atom stereocenters. The second-order valence-electron chi connectivity index (χ2n) is 4.79. The zero-order valence-corrected chi connectivity index (χ0v) is 12.7. The molecular weight excluding hydrogens is 250 g/mol. The highest BCUT2D eigenvalue weighted by Crippen LogP contribution is 2.22. The molecule has 1 amide bonds. The molecule has 112 valence electrons. The maximum Gasteiger partial charge on any atom is 0.407 e. The normalized spacial score (nSPS) is 20.5. The molecule has 3 heteroatoms. The van der Waals surface area contributed by atoms with Gasteiger partial charge < -0.3 is 10.1 Å². The van der Waals surface area contributed by atoms with E-state index in [0.29, 0.717) is 6.54 Å². The number of rotatable bonds is 1. The van der Waals surface area contributed by atoms with Crippen molar-refractivity contribution in [3.05, 3.63) is 35.9 Å². The molecule has 20 heavy (non-hydrogen) atoms. The summed E-state index contributed by atoms with van der Waals surface area (Å²) in [4.78, 5) is 10.9. The molecule has 1 N–H and O–H groups in total. The van der Waals surface area contributed by atoms with E-state index in [1.807, 2.05) is 44.2 Å². The summed E-state index contributed by atoms with van der Waals surface area (Å²) in [5.41, 5.74) is 1.07. The van der Waals surface area contributed by atoms with Crippen molar-refractivity contribution in [3.8, 4) is 0 Å². The van der Waals surface area contributed by atoms with Crippen molar-refractivity contribution >= 4 is 6.09 Å². The quantitative estimate of drug-likeness (QED) is 0.798. The average molecular weight is 277 g/mol. The van der Waals surface area contributed by atoms with E-state index in [-0.39, 0.29) is 12.2 Å². The minimum Gasteiger partial charge on any atom is -0.441 e. The van der Waals surface area contributed by atoms with Crippen LogP contribution in [0.5, 0.6) is 0 Å². The van der Waals surface area contributed by atoms with E-state index in [0.717, 1.165) is 12.0 Å². The van der Waals surface area contributed by atoms with E-state index in [9.17, 15) is 4.79 Å². The van der Waals surface area contributed by atoms with Crippen molar-refractivity contribution in [2.45, 2.75) is 58.5 Å². The lowest BCUT2D eigenvalue weighted by Gasteiger charge is -2.23. The molecule has 0 spiro atoms. The molecule has 1 aromatic rings. The lowest BCUT2D eigenvalue weighted by Crippen LogP contribution is -2.33. The Bertz CT molecular complexity index is 353. The summed E-state index contributed by atoms with van der Waals surface area (Å²) in [6.45, 7) is 4.69. The smallest absolute Gasteiger partial charge is 0.407 e. The molecule has 3 nitrogen and oxygen atoms in total. The average Bonchev–Trinajstić information content (AvgIpc) is 3.10. The van der Waals surface area contributed by atoms with Gasteiger partial charge >= 0.3 is 6.09 Å². The van der Waals surface area contributed by atoms with E-state index in [2.05, 4.69) is 5.32 Å². The first-order valence-corrected chi connectivity index (χ1v) is 7.86. The molecule has 1 aliphatic carbocycles. The minimum absolute atomic E-state index is 0.0741. The summed E-state index contributed by atoms with van der Waals surface area (Å²) in [5.74, 6) is 0. The van der Waals surface area contributed by atoms with Crippen molar-refractivity contribution in [2.75, 3.05) is 6.54 Å². The van der Waals surface area contributed by atoms with Gasteiger partial charge in [-0.15, -0.1) is 0 Å². The number of amides is 1. The van der Waals surface area contributed by atoms with Gasteiger partial charge in [0.2, 0.25) is 0 Å². The Morgan fingerprint density at radius 1 is 1.00 bits per heavy atom. The topological polar surface area (TPSA) is 38.3 Å². The second-order valence-corrected chi connectivity index (χ2v) is 4.79. The van der Waals surface area contributed by atoms with Crippen LogP contribution in [0.4, 0.5) is 4.79 Å². The first kappa shape index (κ1) is 16.5. The van der Waals surface area contributed by atoms with E-state index >= 15 is 0 Å². The van der Waals surface area contributed by atoms with Gasteiger partial charge in [0.1, 0.15) is 6.10 Å². The van der Waals surface area contributed by atoms with Gasteiger partial charge in [0.05, 0.1) is 0 Å². The molecule has 2 fully saturated rings. The fraction of sp³-hybridized carbons (Fsp3) is 0.588. The molecule has 1 aromatic carbocycles. The standard InChI is InChI=1S/C10H11NO2.C5H10.C2H6/c12-10-11-7-6-9(13-10)8-4-2-1-3-5-8;1-2-4-5-3-1;1-2/h1-5,9H,6-7H2,(H,11,12);1-5H2;1-2H3. The van der Waals surface area contributed by atoms with Crippen LogP contribution in [0.15, 0.2) is 30.3 Å². The Morgan fingerprint density at radius 3 is 2.05 bits per heavy atom. The molecular formula is C17H27NO2. The number of carbonyl (C=O) groups is 1. The third-order valence-electron chi connectivity index (χ3n) is 3.35. The summed E-state index contributed by atoms with van der Waals surface area (Å²) in [5, 5.41) is 2.62. The van der Waals surface area contributed by atoms with Gasteiger partial charge in [-0.2, -0.15) is 0 Å². The number of hydrogen-bond donors (Lipinski definition) is 1. The van der Waals surface area contributed by atoms with E-state index < -0.39 is 0 Å². The van der Waals surface area contributed by atoms with Gasteiger partial charge in [0.25, 0.3) is 0 Å². The predicted molar refractivity (Wildman–Crippen MR) is 82.7 cm³/mol. The maximum atomic E-state index is 10.9. The summed E-state index contributed by atoms with van der Waals surface area (Å²) >= 11 is 0. The second kappa shape index (κ2) is 10.3. The van der Waals surface area contributed by atoms with Crippen LogP contribution in [0.1, 0.15) is 64.0 Å². The number of alkyl carbamates (subject to hydrolysis) is 1. The third-order valence-corrected chi connectivity index (χ3v) is 3.35. The number of hydrogen-bond acceptors (Lipinski definition) is 2. The molecule has 2 aliphatic rings. The zero-order chi connectivity index (χ0) is 14.6. The first-order valence-electron chi connectivity index (χ1n) is 7.86. The number of benzene rings is 1. The Hall–Kier alpha value is -1.51. The van der Waals surface area contributed by atoms with E-state index in [1.165, 1.54) is 32.1 Å². The maximum absolute atomic E-state index is 10.9. The SMILES string of the molecule is C1CCCC1.CC.O=C1NCCC(c2ccccc2)O1. The van der Waals surface area contributed by atoms with Crippen LogP contribution in [0, 0.1) is 0 Å². The van der Waals surface area contributed by atoms with Gasteiger partial charge in [-0.25, -0.2) is 4.79 Å². The van der Waals surface area contributed by atoms with Crippen molar-refractivity contribution < 1.29 is 9.53 Å². The Morgan fingerprint density at radius 2 is 1.55 bits per heavy atom. The van der Waals surface area contributed by atoms with Crippen LogP contribution in [-0.2, 0) is 4.74 Å². The Balaban J connectivity index is 0.000000239. The lowest BCUT2D eigenvalue weighted by molar-refractivity contribution is 0.0739. The fourth-order valence-corrected chi connectivity index (χ4v) is 2.32. The van der Waals surface area contributed by atoms with Crippen LogP contribution in [0.25, 0.3) is 0 Å². The molecule has 1 heterocycles. The molecule has 1 atom stereocenters. The van der Waals surface area contributed by atoms with Crippen LogP contribution in [0.2, 0.25) is 0 Å². The van der Waals surface area contributed by atoms with Crippen LogP contribution in [0.3, 0.4) is 0 Å². The van der Waals surface area contributed by atoms with Gasteiger partial charge in [0.15, 0.2) is 0 Å². The highest BCUT2D eigenvalue weighted by molar-refractivity contribution is 5.68. The third kappa shape index (κ3) is 6.09. The van der Waals surface area contributed by atoms with Crippen molar-refractivity contribution in [2.24, 2.45) is 0 Å². The largest absolute Gasteiger partial charge is 0.441 e. The zero-order valence-electron chi connectivity index (χ0n) is 12.7. The summed E-state index contributed by atoms with van der Waals surface area (Å²) in [6, 6.07) is 9.80. The van der Waals surface area contributed by atoms with Crippen molar-refractivity contribution in [1.29, 1.82) is 0 Å². The summed E-state index contributed by atoms with van der Waals surface area (Å²) in [7, 11) is 0. The molecule has 3 rings (SSSR count). The van der Waals surface area contributed by atoms with Crippen LogP contribution >= 0.6 is 0 Å². The Kier molecular flexibility index (Phi) is 8.52. The van der Waals surface area contributed by atoms with Crippen molar-refractivity contribution in [3.63, 3.8) is 0 Å². The monoisotopic (exact) mass is 277 g/mol. The number of cyclic esters (lactones) is 1. The highest BCUT2D eigenvalue weighted by Gasteiger charge is 2.20. The van der Waals surface area contributed by atoms with Gasteiger partial charge in [-0.05, 0) is 5.56 Å². The number of nitrogens with one attached hydrogen (secondary N) is 1. The minimum atomic E-state index is -0.319. The summed E-state index contributed by atoms with van der Waals surface area (Å²) < 4.78 is 5.12. The molecule has 0 radical (unpaired) electrons. The fourth-order valence-electron chi connectivity index (χ4n) is 2.32. The molecule has 0 bridgehead atoms. The van der Waals surface area contributed by atoms with E-state index in [1.54, 1.807) is 0 Å². The number of ether oxygens (including phenoxy) is 1. The summed E-state index contributed by atoms with van der Waals surface area (Å²) in [6.07, 6.45) is 7.95. The van der Waals surface area contributed by atoms with Crippen molar-refractivity contribution in [1.82, 2.24) is 5.32 Å². The predicted octanol–water partition coefficient (Wildman–Crippen LogP) is 4.83.